The maximum absolute atomic E-state index is 11.8. The van der Waals surface area contributed by atoms with Crippen molar-refractivity contribution in [2.24, 2.45) is 5.92 Å². The van der Waals surface area contributed by atoms with Gasteiger partial charge in [-0.15, -0.1) is 0 Å². The average Bonchev–Trinajstić information content (AvgIpc) is 2.75. The number of piperidine rings is 1. The number of nitrogens with zero attached hydrogens (tertiary/aromatic N) is 5. The van der Waals surface area contributed by atoms with E-state index >= 15 is 0 Å². The fourth-order valence-corrected chi connectivity index (χ4v) is 3.64. The summed E-state index contributed by atoms with van der Waals surface area (Å²) in [5.41, 5.74) is 1.11. The standard InChI is InChI=1S/C21H21N5O3/c27-26(28)19-20(23-15-24-21(19)29-18-7-4-10-22-14-18)25-11-8-17(9-12-25)13-16-5-2-1-3-6-16/h1-7,10,14-15,17H,8-9,11-13H2. The molecule has 3 heterocycles. The Morgan fingerprint density at radius 3 is 2.59 bits per heavy atom. The molecule has 1 aliphatic rings. The molecule has 0 saturated carbocycles. The smallest absolute Gasteiger partial charge is 0.373 e. The molecule has 4 rings (SSSR count). The molecule has 0 spiro atoms. The summed E-state index contributed by atoms with van der Waals surface area (Å²) in [5, 5.41) is 11.8. The van der Waals surface area contributed by atoms with Gasteiger partial charge in [0.05, 0.1) is 11.1 Å². The van der Waals surface area contributed by atoms with E-state index in [2.05, 4.69) is 39.2 Å². The maximum atomic E-state index is 11.8. The minimum atomic E-state index is -0.475. The van der Waals surface area contributed by atoms with Gasteiger partial charge >= 0.3 is 11.6 Å². The molecule has 0 bridgehead atoms. The molecule has 148 valence electrons. The van der Waals surface area contributed by atoms with Gasteiger partial charge in [0, 0.05) is 19.3 Å². The van der Waals surface area contributed by atoms with Crippen LogP contribution < -0.4 is 9.64 Å². The first kappa shape index (κ1) is 18.8. The van der Waals surface area contributed by atoms with Gasteiger partial charge in [-0.05, 0) is 42.9 Å². The second-order valence-electron chi connectivity index (χ2n) is 7.02. The molecule has 1 fully saturated rings. The highest BCUT2D eigenvalue weighted by Gasteiger charge is 2.31. The first-order valence-corrected chi connectivity index (χ1v) is 9.57. The third-order valence-electron chi connectivity index (χ3n) is 5.08. The van der Waals surface area contributed by atoms with Gasteiger partial charge in [0.2, 0.25) is 5.82 Å². The third-order valence-corrected chi connectivity index (χ3v) is 5.08. The summed E-state index contributed by atoms with van der Waals surface area (Å²) in [6, 6.07) is 13.8. The van der Waals surface area contributed by atoms with Crippen LogP contribution in [0.3, 0.4) is 0 Å². The summed E-state index contributed by atoms with van der Waals surface area (Å²) in [7, 11) is 0. The lowest BCUT2D eigenvalue weighted by molar-refractivity contribution is -0.385. The second kappa shape index (κ2) is 8.64. The number of nitro groups is 1. The monoisotopic (exact) mass is 391 g/mol. The fraction of sp³-hybridized carbons (Fsp3) is 0.286. The van der Waals surface area contributed by atoms with E-state index in [4.69, 9.17) is 4.74 Å². The Morgan fingerprint density at radius 1 is 1.10 bits per heavy atom. The zero-order chi connectivity index (χ0) is 20.1. The largest absolute Gasteiger partial charge is 0.432 e. The molecule has 0 radical (unpaired) electrons. The third kappa shape index (κ3) is 4.48. The van der Waals surface area contributed by atoms with Crippen LogP contribution in [0.25, 0.3) is 0 Å². The molecular weight excluding hydrogens is 370 g/mol. The van der Waals surface area contributed by atoms with Crippen LogP contribution >= 0.6 is 0 Å². The number of benzene rings is 1. The number of ether oxygens (including phenoxy) is 1. The molecule has 8 nitrogen and oxygen atoms in total. The Morgan fingerprint density at radius 2 is 1.90 bits per heavy atom. The lowest BCUT2D eigenvalue weighted by Gasteiger charge is -2.32. The molecule has 0 unspecified atom stereocenters. The van der Waals surface area contributed by atoms with Crippen molar-refractivity contribution in [3.05, 3.63) is 76.9 Å². The lowest BCUT2D eigenvalue weighted by atomic mass is 9.90. The molecule has 1 saturated heterocycles. The van der Waals surface area contributed by atoms with Crippen LogP contribution in [0.1, 0.15) is 18.4 Å². The summed E-state index contributed by atoms with van der Waals surface area (Å²) < 4.78 is 5.62. The normalized spacial score (nSPS) is 14.6. The molecule has 0 N–H and O–H groups in total. The molecule has 0 aliphatic carbocycles. The second-order valence-corrected chi connectivity index (χ2v) is 7.02. The molecular formula is C21H21N5O3. The van der Waals surface area contributed by atoms with Crippen LogP contribution in [0.5, 0.6) is 11.6 Å². The van der Waals surface area contributed by atoms with Crippen molar-refractivity contribution in [1.82, 2.24) is 15.0 Å². The van der Waals surface area contributed by atoms with Gasteiger partial charge in [-0.25, -0.2) is 4.98 Å². The van der Waals surface area contributed by atoms with Crippen molar-refractivity contribution in [3.63, 3.8) is 0 Å². The van der Waals surface area contributed by atoms with E-state index < -0.39 is 4.92 Å². The summed E-state index contributed by atoms with van der Waals surface area (Å²) in [4.78, 5) is 25.4. The quantitative estimate of drug-likeness (QED) is 0.462. The highest BCUT2D eigenvalue weighted by Crippen LogP contribution is 2.37. The molecule has 0 amide bonds. The van der Waals surface area contributed by atoms with Crippen LogP contribution in [-0.2, 0) is 6.42 Å². The maximum Gasteiger partial charge on any atom is 0.373 e. The van der Waals surface area contributed by atoms with Gasteiger partial charge < -0.3 is 9.64 Å². The predicted octanol–water partition coefficient (Wildman–Crippen LogP) is 4.03. The Labute approximate surface area is 168 Å². The summed E-state index contributed by atoms with van der Waals surface area (Å²) in [6.45, 7) is 1.42. The SMILES string of the molecule is O=[N+]([O-])c1c(Oc2cccnc2)ncnc1N1CCC(Cc2ccccc2)CC1. The Kier molecular flexibility index (Phi) is 5.60. The molecule has 0 atom stereocenters. The molecule has 1 aromatic carbocycles. The Balaban J connectivity index is 1.50. The van der Waals surface area contributed by atoms with E-state index in [1.807, 2.05) is 11.0 Å². The number of hydrogen-bond acceptors (Lipinski definition) is 7. The van der Waals surface area contributed by atoms with Gasteiger partial charge in [0.1, 0.15) is 12.1 Å². The van der Waals surface area contributed by atoms with Crippen molar-refractivity contribution in [2.75, 3.05) is 18.0 Å². The van der Waals surface area contributed by atoms with Crippen LogP contribution in [0.15, 0.2) is 61.2 Å². The van der Waals surface area contributed by atoms with Crippen molar-refractivity contribution in [1.29, 1.82) is 0 Å². The highest BCUT2D eigenvalue weighted by atomic mass is 16.6. The van der Waals surface area contributed by atoms with E-state index in [1.165, 1.54) is 18.1 Å². The van der Waals surface area contributed by atoms with Crippen molar-refractivity contribution in [3.8, 4) is 11.6 Å². The van der Waals surface area contributed by atoms with Gasteiger partial charge in [-0.1, -0.05) is 30.3 Å². The molecule has 29 heavy (non-hydrogen) atoms. The van der Waals surface area contributed by atoms with Gasteiger partial charge in [0.25, 0.3) is 0 Å². The minimum absolute atomic E-state index is 0.0700. The van der Waals surface area contributed by atoms with E-state index in [0.29, 0.717) is 30.6 Å². The number of rotatable bonds is 6. The van der Waals surface area contributed by atoms with Crippen LogP contribution in [0.2, 0.25) is 0 Å². The average molecular weight is 391 g/mol. The molecule has 1 aliphatic heterocycles. The predicted molar refractivity (Wildman–Crippen MR) is 108 cm³/mol. The van der Waals surface area contributed by atoms with Crippen LogP contribution in [-0.4, -0.2) is 33.0 Å². The van der Waals surface area contributed by atoms with Crippen molar-refractivity contribution in [2.45, 2.75) is 19.3 Å². The Hall–Kier alpha value is -3.55. The zero-order valence-corrected chi connectivity index (χ0v) is 15.8. The number of pyridine rings is 1. The van der Waals surface area contributed by atoms with E-state index in [0.717, 1.165) is 19.3 Å². The van der Waals surface area contributed by atoms with E-state index in [9.17, 15) is 10.1 Å². The first-order valence-electron chi connectivity index (χ1n) is 9.57. The lowest BCUT2D eigenvalue weighted by Crippen LogP contribution is -2.35. The Bertz CT molecular complexity index is 961. The fourth-order valence-electron chi connectivity index (χ4n) is 3.64. The van der Waals surface area contributed by atoms with E-state index in [1.54, 1.807) is 18.3 Å². The van der Waals surface area contributed by atoms with E-state index in [-0.39, 0.29) is 11.6 Å². The van der Waals surface area contributed by atoms with Gasteiger partial charge in [-0.2, -0.15) is 4.98 Å². The number of anilines is 1. The molecule has 3 aromatic rings. The van der Waals surface area contributed by atoms with Crippen LogP contribution in [0, 0.1) is 16.0 Å². The summed E-state index contributed by atoms with van der Waals surface area (Å²) >= 11 is 0. The molecule has 2 aromatic heterocycles. The summed E-state index contributed by atoms with van der Waals surface area (Å²) in [5.74, 6) is 1.18. The molecule has 8 heteroatoms. The first-order chi connectivity index (χ1) is 14.2. The number of hydrogen-bond donors (Lipinski definition) is 0. The van der Waals surface area contributed by atoms with Gasteiger partial charge in [-0.3, -0.25) is 15.1 Å². The van der Waals surface area contributed by atoms with Crippen LogP contribution in [0.4, 0.5) is 11.5 Å². The van der Waals surface area contributed by atoms with Gasteiger partial charge in [0.15, 0.2) is 0 Å². The summed E-state index contributed by atoms with van der Waals surface area (Å²) in [6.07, 6.45) is 7.33. The van der Waals surface area contributed by atoms with Crippen molar-refractivity contribution >= 4 is 11.5 Å². The number of aromatic nitrogens is 3. The van der Waals surface area contributed by atoms with Crippen molar-refractivity contribution < 1.29 is 9.66 Å². The topological polar surface area (TPSA) is 94.3 Å². The minimum Gasteiger partial charge on any atom is -0.432 e. The zero-order valence-electron chi connectivity index (χ0n) is 15.8. The highest BCUT2D eigenvalue weighted by molar-refractivity contribution is 5.63.